The Morgan fingerprint density at radius 3 is 2.57 bits per heavy atom. The summed E-state index contributed by atoms with van der Waals surface area (Å²) in [6, 6.07) is 1.79. The van der Waals surface area contributed by atoms with Crippen LogP contribution in [0.1, 0.15) is 20.3 Å². The van der Waals surface area contributed by atoms with Crippen molar-refractivity contribution in [3.63, 3.8) is 0 Å². The van der Waals surface area contributed by atoms with Crippen LogP contribution in [0, 0.1) is 5.92 Å². The van der Waals surface area contributed by atoms with Crippen LogP contribution in [0.3, 0.4) is 0 Å². The van der Waals surface area contributed by atoms with Crippen molar-refractivity contribution in [1.29, 1.82) is 0 Å². The minimum absolute atomic E-state index is 0.0352. The van der Waals surface area contributed by atoms with Crippen molar-refractivity contribution < 1.29 is 23.1 Å². The van der Waals surface area contributed by atoms with Gasteiger partial charge in [0.25, 0.3) is 0 Å². The molecule has 0 saturated carbocycles. The highest BCUT2D eigenvalue weighted by molar-refractivity contribution is 7.89. The maximum atomic E-state index is 12.3. The second-order valence-electron chi connectivity index (χ2n) is 5.22. The summed E-state index contributed by atoms with van der Waals surface area (Å²) in [6.45, 7) is 3.04. The van der Waals surface area contributed by atoms with Crippen LogP contribution >= 0.6 is 0 Å². The van der Waals surface area contributed by atoms with Crippen molar-refractivity contribution in [2.45, 2.75) is 31.2 Å². The maximum Gasteiger partial charge on any atom is 0.326 e. The Labute approximate surface area is 135 Å². The molecule has 0 spiro atoms. The molecule has 0 saturated heterocycles. The van der Waals surface area contributed by atoms with Gasteiger partial charge in [0.15, 0.2) is 0 Å². The number of carboxylic acid groups (broad SMARTS) is 1. The number of hydrogen-bond acceptors (Lipinski definition) is 5. The Kier molecular flexibility index (Phi) is 6.64. The number of rotatable bonds is 8. The van der Waals surface area contributed by atoms with Gasteiger partial charge in [-0.25, -0.2) is 13.2 Å². The normalized spacial score (nSPS) is 14.3. The molecule has 8 nitrogen and oxygen atoms in total. The van der Waals surface area contributed by atoms with Crippen molar-refractivity contribution in [1.82, 2.24) is 14.6 Å². The highest BCUT2D eigenvalue weighted by Gasteiger charge is 2.28. The molecule has 23 heavy (non-hydrogen) atoms. The van der Waals surface area contributed by atoms with E-state index in [-0.39, 0.29) is 10.8 Å². The number of pyridine rings is 1. The first-order valence-corrected chi connectivity index (χ1v) is 8.52. The lowest BCUT2D eigenvalue weighted by Gasteiger charge is -2.22. The summed E-state index contributed by atoms with van der Waals surface area (Å²) < 4.78 is 25.4. The van der Waals surface area contributed by atoms with E-state index < -0.39 is 34.5 Å². The number of amides is 1. The molecule has 0 aliphatic carbocycles. The Morgan fingerprint density at radius 2 is 2.09 bits per heavy atom. The SMILES string of the molecule is CC[C@H](C)[C@H](NC(=O)CN(C)S(=O)(=O)c1cccnc1)C(=O)O. The Hall–Kier alpha value is -2.00. The predicted molar refractivity (Wildman–Crippen MR) is 83.1 cm³/mol. The van der Waals surface area contributed by atoms with E-state index in [4.69, 9.17) is 5.11 Å². The molecule has 128 valence electrons. The van der Waals surface area contributed by atoms with E-state index in [0.29, 0.717) is 6.42 Å². The third kappa shape index (κ3) is 5.00. The fraction of sp³-hybridized carbons (Fsp3) is 0.500. The molecule has 0 fully saturated rings. The van der Waals surface area contributed by atoms with Crippen LogP contribution in [0.15, 0.2) is 29.4 Å². The van der Waals surface area contributed by atoms with Gasteiger partial charge in [-0.3, -0.25) is 9.78 Å². The monoisotopic (exact) mass is 343 g/mol. The summed E-state index contributed by atoms with van der Waals surface area (Å²) in [5.41, 5.74) is 0. The zero-order chi connectivity index (χ0) is 17.6. The Balaban J connectivity index is 2.78. The first kappa shape index (κ1) is 19.0. The van der Waals surface area contributed by atoms with Crippen molar-refractivity contribution in [2.75, 3.05) is 13.6 Å². The largest absolute Gasteiger partial charge is 0.480 e. The molecule has 0 bridgehead atoms. The minimum Gasteiger partial charge on any atom is -0.480 e. The Bertz CT molecular complexity index is 648. The average molecular weight is 343 g/mol. The second-order valence-corrected chi connectivity index (χ2v) is 7.26. The van der Waals surface area contributed by atoms with Crippen molar-refractivity contribution in [3.8, 4) is 0 Å². The summed E-state index contributed by atoms with van der Waals surface area (Å²) >= 11 is 0. The van der Waals surface area contributed by atoms with E-state index >= 15 is 0 Å². The zero-order valence-corrected chi connectivity index (χ0v) is 14.1. The molecule has 1 aromatic heterocycles. The van der Waals surface area contributed by atoms with Crippen LogP contribution in [0.25, 0.3) is 0 Å². The fourth-order valence-electron chi connectivity index (χ4n) is 1.87. The third-order valence-electron chi connectivity index (χ3n) is 3.50. The highest BCUT2D eigenvalue weighted by atomic mass is 32.2. The molecule has 2 atom stereocenters. The van der Waals surface area contributed by atoms with E-state index in [1.807, 2.05) is 6.92 Å². The van der Waals surface area contributed by atoms with Gasteiger partial charge in [-0.1, -0.05) is 20.3 Å². The van der Waals surface area contributed by atoms with Crippen molar-refractivity contribution >= 4 is 21.9 Å². The summed E-state index contributed by atoms with van der Waals surface area (Å²) in [5.74, 6) is -2.09. The summed E-state index contributed by atoms with van der Waals surface area (Å²) in [4.78, 5) is 26.9. The zero-order valence-electron chi connectivity index (χ0n) is 13.3. The molecule has 1 amide bonds. The first-order valence-electron chi connectivity index (χ1n) is 7.08. The van der Waals surface area contributed by atoms with Crippen LogP contribution in [0.2, 0.25) is 0 Å². The van der Waals surface area contributed by atoms with Gasteiger partial charge in [0.1, 0.15) is 10.9 Å². The van der Waals surface area contributed by atoms with Gasteiger partial charge < -0.3 is 10.4 Å². The summed E-state index contributed by atoms with van der Waals surface area (Å²) in [5, 5.41) is 11.5. The van der Waals surface area contributed by atoms with Crippen LogP contribution in [0.5, 0.6) is 0 Å². The molecule has 0 aliphatic heterocycles. The molecular weight excluding hydrogens is 322 g/mol. The number of hydrogen-bond donors (Lipinski definition) is 2. The van der Waals surface area contributed by atoms with Gasteiger partial charge in [0.05, 0.1) is 6.54 Å². The fourth-order valence-corrected chi connectivity index (χ4v) is 2.96. The van der Waals surface area contributed by atoms with E-state index in [2.05, 4.69) is 10.3 Å². The molecule has 2 N–H and O–H groups in total. The van der Waals surface area contributed by atoms with E-state index in [1.165, 1.54) is 31.6 Å². The summed E-state index contributed by atoms with van der Waals surface area (Å²) in [7, 11) is -2.60. The van der Waals surface area contributed by atoms with E-state index in [9.17, 15) is 18.0 Å². The highest BCUT2D eigenvalue weighted by Crippen LogP contribution is 2.12. The molecule has 0 aromatic carbocycles. The van der Waals surface area contributed by atoms with Crippen LogP contribution < -0.4 is 5.32 Å². The number of carbonyl (C=O) groups is 2. The number of aliphatic carboxylic acids is 1. The number of aromatic nitrogens is 1. The minimum atomic E-state index is -3.85. The number of carbonyl (C=O) groups excluding carboxylic acids is 1. The van der Waals surface area contributed by atoms with Crippen molar-refractivity contribution in [2.24, 2.45) is 5.92 Å². The van der Waals surface area contributed by atoms with E-state index in [0.717, 1.165) is 4.31 Å². The van der Waals surface area contributed by atoms with Gasteiger partial charge in [0, 0.05) is 19.4 Å². The molecule has 1 rings (SSSR count). The topological polar surface area (TPSA) is 117 Å². The number of sulfonamides is 1. The molecule has 1 heterocycles. The number of likely N-dealkylation sites (N-methyl/N-ethyl adjacent to an activating group) is 1. The van der Waals surface area contributed by atoms with Crippen LogP contribution in [-0.2, 0) is 19.6 Å². The maximum absolute atomic E-state index is 12.3. The van der Waals surface area contributed by atoms with Crippen molar-refractivity contribution in [3.05, 3.63) is 24.5 Å². The molecule has 9 heteroatoms. The first-order chi connectivity index (χ1) is 10.7. The molecule has 0 radical (unpaired) electrons. The van der Waals surface area contributed by atoms with Gasteiger partial charge in [-0.05, 0) is 18.1 Å². The lowest BCUT2D eigenvalue weighted by molar-refractivity contribution is -0.143. The average Bonchev–Trinajstić information content (AvgIpc) is 2.52. The number of nitrogens with zero attached hydrogens (tertiary/aromatic N) is 2. The van der Waals surface area contributed by atoms with Crippen LogP contribution in [0.4, 0.5) is 0 Å². The smallest absolute Gasteiger partial charge is 0.326 e. The standard InChI is InChI=1S/C14H21N3O5S/c1-4-10(2)13(14(19)20)16-12(18)9-17(3)23(21,22)11-6-5-7-15-8-11/h5-8,10,13H,4,9H2,1-3H3,(H,16,18)(H,19,20)/t10-,13-/m0/s1. The van der Waals surface area contributed by atoms with Gasteiger partial charge in [-0.15, -0.1) is 0 Å². The van der Waals surface area contributed by atoms with Gasteiger partial charge in [0.2, 0.25) is 15.9 Å². The summed E-state index contributed by atoms with van der Waals surface area (Å²) in [6.07, 6.45) is 3.19. The molecule has 0 unspecified atom stereocenters. The number of nitrogens with one attached hydrogen (secondary N) is 1. The third-order valence-corrected chi connectivity index (χ3v) is 5.29. The Morgan fingerprint density at radius 1 is 1.43 bits per heavy atom. The molecule has 1 aromatic rings. The lowest BCUT2D eigenvalue weighted by atomic mass is 9.99. The van der Waals surface area contributed by atoms with Crippen LogP contribution in [-0.4, -0.2) is 54.3 Å². The second kappa shape index (κ2) is 8.02. The van der Waals surface area contributed by atoms with E-state index in [1.54, 1.807) is 6.92 Å². The lowest BCUT2D eigenvalue weighted by Crippen LogP contribution is -2.48. The van der Waals surface area contributed by atoms with Gasteiger partial charge >= 0.3 is 5.97 Å². The molecule has 0 aliphatic rings. The quantitative estimate of drug-likeness (QED) is 0.702. The molecular formula is C14H21N3O5S. The number of carboxylic acids is 1. The van der Waals surface area contributed by atoms with Gasteiger partial charge in [-0.2, -0.15) is 4.31 Å². The predicted octanol–water partition coefficient (Wildman–Crippen LogP) is 0.318.